The molecule has 0 aromatic heterocycles. The van der Waals surface area contributed by atoms with E-state index < -0.39 is 32.1 Å². The molecule has 0 bridgehead atoms. The second-order valence-corrected chi connectivity index (χ2v) is 7.37. The standard InChI is InChI=1S/C18H20NO7P/c20-17(21)11-10-16(18(22)23)19-27(24,25)26-12-13-6-8-15(9-7-13)14-4-2-1-3-5-14/h1-9,16H,10-12H2,(H,20,21)(H,22,23)(H2,19,24,25)/t16-/m0/s1. The van der Waals surface area contributed by atoms with Gasteiger partial charge in [0, 0.05) is 6.42 Å². The van der Waals surface area contributed by atoms with Crippen LogP contribution >= 0.6 is 7.75 Å². The van der Waals surface area contributed by atoms with Crippen LogP contribution < -0.4 is 5.09 Å². The van der Waals surface area contributed by atoms with Crippen molar-refractivity contribution in [3.8, 4) is 11.1 Å². The van der Waals surface area contributed by atoms with Crippen LogP contribution in [0.5, 0.6) is 0 Å². The van der Waals surface area contributed by atoms with Gasteiger partial charge in [-0.2, -0.15) is 0 Å². The maximum Gasteiger partial charge on any atom is 0.404 e. The summed E-state index contributed by atoms with van der Waals surface area (Å²) in [6.07, 6.45) is -0.796. The molecule has 0 heterocycles. The highest BCUT2D eigenvalue weighted by Gasteiger charge is 2.29. The Labute approximate surface area is 156 Å². The van der Waals surface area contributed by atoms with Crippen LogP contribution in [0, 0.1) is 0 Å². The summed E-state index contributed by atoms with van der Waals surface area (Å²) in [5.41, 5.74) is 2.63. The van der Waals surface area contributed by atoms with E-state index in [-0.39, 0.29) is 13.0 Å². The maximum atomic E-state index is 12.0. The summed E-state index contributed by atoms with van der Waals surface area (Å²) < 4.78 is 17.0. The average Bonchev–Trinajstić information content (AvgIpc) is 2.64. The average molecular weight is 393 g/mol. The van der Waals surface area contributed by atoms with Gasteiger partial charge >= 0.3 is 19.7 Å². The molecule has 0 spiro atoms. The summed E-state index contributed by atoms with van der Waals surface area (Å²) >= 11 is 0. The Morgan fingerprint density at radius 1 is 1.00 bits per heavy atom. The largest absolute Gasteiger partial charge is 0.481 e. The third-order valence-electron chi connectivity index (χ3n) is 3.73. The van der Waals surface area contributed by atoms with Crippen LogP contribution in [0.25, 0.3) is 11.1 Å². The summed E-state index contributed by atoms with van der Waals surface area (Å²) in [6.45, 7) is -0.207. The van der Waals surface area contributed by atoms with Gasteiger partial charge in [0.1, 0.15) is 6.04 Å². The van der Waals surface area contributed by atoms with Crippen molar-refractivity contribution in [2.24, 2.45) is 0 Å². The van der Waals surface area contributed by atoms with E-state index in [1.807, 2.05) is 47.6 Å². The van der Waals surface area contributed by atoms with E-state index in [0.717, 1.165) is 11.1 Å². The molecule has 9 heteroatoms. The predicted molar refractivity (Wildman–Crippen MR) is 97.9 cm³/mol. The normalized spacial score (nSPS) is 14.3. The topological polar surface area (TPSA) is 133 Å². The van der Waals surface area contributed by atoms with E-state index in [2.05, 4.69) is 0 Å². The number of aliphatic carboxylic acids is 2. The molecule has 0 fully saturated rings. The highest BCUT2D eigenvalue weighted by Crippen LogP contribution is 2.39. The van der Waals surface area contributed by atoms with Gasteiger partial charge < -0.3 is 15.1 Å². The Morgan fingerprint density at radius 3 is 2.15 bits per heavy atom. The van der Waals surface area contributed by atoms with E-state index in [4.69, 9.17) is 14.7 Å². The number of hydrogen-bond donors (Lipinski definition) is 4. The molecule has 2 aromatic carbocycles. The Morgan fingerprint density at radius 2 is 1.59 bits per heavy atom. The monoisotopic (exact) mass is 393 g/mol. The predicted octanol–water partition coefficient (Wildman–Crippen LogP) is 2.88. The third-order valence-corrected chi connectivity index (χ3v) is 4.85. The van der Waals surface area contributed by atoms with Gasteiger partial charge in [-0.1, -0.05) is 54.6 Å². The first-order valence-corrected chi connectivity index (χ1v) is 9.69. The lowest BCUT2D eigenvalue weighted by atomic mass is 10.0. The molecule has 2 rings (SSSR count). The highest BCUT2D eigenvalue weighted by molar-refractivity contribution is 7.50. The van der Waals surface area contributed by atoms with Crippen LogP contribution in [0.2, 0.25) is 0 Å². The van der Waals surface area contributed by atoms with Gasteiger partial charge in [-0.25, -0.2) is 9.65 Å². The molecule has 1 unspecified atom stereocenters. The van der Waals surface area contributed by atoms with Gasteiger partial charge in [-0.15, -0.1) is 0 Å². The molecule has 2 atom stereocenters. The first-order chi connectivity index (χ1) is 12.8. The summed E-state index contributed by atoms with van der Waals surface area (Å²) in [4.78, 5) is 31.4. The molecular formula is C18H20NO7P. The number of benzene rings is 2. The van der Waals surface area contributed by atoms with E-state index in [9.17, 15) is 19.0 Å². The molecule has 0 saturated heterocycles. The number of nitrogens with one attached hydrogen (secondary N) is 1. The van der Waals surface area contributed by atoms with Gasteiger partial charge in [-0.05, 0) is 23.1 Å². The molecule has 0 aliphatic heterocycles. The Balaban J connectivity index is 1.94. The second kappa shape index (κ2) is 9.43. The second-order valence-electron chi connectivity index (χ2n) is 5.81. The molecule has 2 aromatic rings. The van der Waals surface area contributed by atoms with Crippen LogP contribution in [0.3, 0.4) is 0 Å². The molecule has 0 radical (unpaired) electrons. The minimum atomic E-state index is -4.42. The van der Waals surface area contributed by atoms with Gasteiger partial charge in [-0.3, -0.25) is 14.1 Å². The van der Waals surface area contributed by atoms with Crippen LogP contribution in [-0.4, -0.2) is 33.1 Å². The van der Waals surface area contributed by atoms with Gasteiger partial charge in [0.2, 0.25) is 0 Å². The van der Waals surface area contributed by atoms with Crippen molar-refractivity contribution in [3.63, 3.8) is 0 Å². The molecule has 144 valence electrons. The number of carbonyl (C=O) groups is 2. The van der Waals surface area contributed by atoms with Crippen molar-refractivity contribution in [3.05, 3.63) is 60.2 Å². The van der Waals surface area contributed by atoms with Crippen LogP contribution in [0.4, 0.5) is 0 Å². The van der Waals surface area contributed by atoms with E-state index in [1.165, 1.54) is 0 Å². The molecule has 0 amide bonds. The van der Waals surface area contributed by atoms with E-state index in [0.29, 0.717) is 5.56 Å². The zero-order chi connectivity index (χ0) is 19.9. The molecule has 4 N–H and O–H groups in total. The molecular weight excluding hydrogens is 373 g/mol. The summed E-state index contributed by atoms with van der Waals surface area (Å²) in [5, 5.41) is 19.6. The van der Waals surface area contributed by atoms with Gasteiger partial charge in [0.25, 0.3) is 0 Å². The third kappa shape index (κ3) is 6.96. The van der Waals surface area contributed by atoms with Crippen molar-refractivity contribution < 1.29 is 33.8 Å². The SMILES string of the molecule is O=C(O)CC[C@H](NP(=O)(O)OCc1ccc(-c2ccccc2)cc1)C(=O)O. The lowest BCUT2D eigenvalue weighted by molar-refractivity contribution is -0.140. The minimum absolute atomic E-state index is 0.207. The molecule has 0 aliphatic rings. The zero-order valence-electron chi connectivity index (χ0n) is 14.3. The highest BCUT2D eigenvalue weighted by atomic mass is 31.2. The number of hydrogen-bond acceptors (Lipinski definition) is 4. The van der Waals surface area contributed by atoms with Crippen molar-refractivity contribution in [1.29, 1.82) is 0 Å². The zero-order valence-corrected chi connectivity index (χ0v) is 15.2. The van der Waals surface area contributed by atoms with Crippen LogP contribution in [0.1, 0.15) is 18.4 Å². The number of carboxylic acid groups (broad SMARTS) is 2. The Hall–Kier alpha value is -2.51. The lowest BCUT2D eigenvalue weighted by Crippen LogP contribution is -2.35. The first kappa shape index (κ1) is 20.8. The minimum Gasteiger partial charge on any atom is -0.481 e. The fourth-order valence-electron chi connectivity index (χ4n) is 2.33. The molecule has 27 heavy (non-hydrogen) atoms. The number of carboxylic acids is 2. The quantitative estimate of drug-likeness (QED) is 0.453. The Bertz CT molecular complexity index is 823. The molecule has 8 nitrogen and oxygen atoms in total. The smallest absolute Gasteiger partial charge is 0.404 e. The fraction of sp³-hybridized carbons (Fsp3) is 0.222. The van der Waals surface area contributed by atoms with Crippen LogP contribution in [-0.2, 0) is 25.3 Å². The van der Waals surface area contributed by atoms with E-state index >= 15 is 0 Å². The van der Waals surface area contributed by atoms with E-state index in [1.54, 1.807) is 12.1 Å². The lowest BCUT2D eigenvalue weighted by Gasteiger charge is -2.18. The van der Waals surface area contributed by atoms with Crippen molar-refractivity contribution in [1.82, 2.24) is 5.09 Å². The van der Waals surface area contributed by atoms with Gasteiger partial charge in [0.15, 0.2) is 0 Å². The number of rotatable bonds is 10. The fourth-order valence-corrected chi connectivity index (χ4v) is 3.36. The van der Waals surface area contributed by atoms with Crippen molar-refractivity contribution in [2.75, 3.05) is 0 Å². The Kier molecular flexibility index (Phi) is 7.27. The maximum absolute atomic E-state index is 12.0. The van der Waals surface area contributed by atoms with Crippen molar-refractivity contribution in [2.45, 2.75) is 25.5 Å². The summed E-state index contributed by atoms with van der Waals surface area (Å²) in [7, 11) is -4.42. The van der Waals surface area contributed by atoms with Crippen LogP contribution in [0.15, 0.2) is 54.6 Å². The summed E-state index contributed by atoms with van der Waals surface area (Å²) in [6, 6.07) is 15.3. The van der Waals surface area contributed by atoms with Crippen molar-refractivity contribution >= 4 is 19.7 Å². The first-order valence-electron chi connectivity index (χ1n) is 8.11. The van der Waals surface area contributed by atoms with Gasteiger partial charge in [0.05, 0.1) is 6.61 Å². The molecule has 0 aliphatic carbocycles. The summed E-state index contributed by atoms with van der Waals surface area (Å²) in [5.74, 6) is -2.63. The molecule has 0 saturated carbocycles.